The van der Waals surface area contributed by atoms with Crippen molar-refractivity contribution < 1.29 is 14.3 Å². The molecule has 1 aromatic carbocycles. The molecule has 138 valence electrons. The van der Waals surface area contributed by atoms with E-state index < -0.39 is 0 Å². The lowest BCUT2D eigenvalue weighted by atomic mass is 10.0. The number of amides is 2. The number of para-hydroxylation sites is 2. The van der Waals surface area contributed by atoms with E-state index in [-0.39, 0.29) is 30.8 Å². The van der Waals surface area contributed by atoms with Crippen LogP contribution in [0.5, 0.6) is 5.75 Å². The van der Waals surface area contributed by atoms with Crippen LogP contribution in [-0.4, -0.2) is 44.6 Å². The predicted molar refractivity (Wildman–Crippen MR) is 99.4 cm³/mol. The summed E-state index contributed by atoms with van der Waals surface area (Å²) in [4.78, 5) is 25.7. The number of benzene rings is 1. The van der Waals surface area contributed by atoms with Gasteiger partial charge >= 0.3 is 0 Å². The van der Waals surface area contributed by atoms with Gasteiger partial charge in [0, 0.05) is 19.5 Å². The maximum atomic E-state index is 12.0. The summed E-state index contributed by atoms with van der Waals surface area (Å²) < 4.78 is 5.43. The number of nitrogens with one attached hydrogen (secondary N) is 2. The quantitative estimate of drug-likeness (QED) is 0.720. The number of fused-ring (bicyclic) bond motifs is 1. The summed E-state index contributed by atoms with van der Waals surface area (Å²) >= 11 is 0. The zero-order valence-corrected chi connectivity index (χ0v) is 15.1. The summed E-state index contributed by atoms with van der Waals surface area (Å²) in [5.41, 5.74) is 0.814. The Bertz CT molecular complexity index is 591. The SMILES string of the molecule is Cl.O=C(CCC1CCNC1)NCCCN1C(=O)COc2ccccc21. The van der Waals surface area contributed by atoms with Crippen molar-refractivity contribution in [2.75, 3.05) is 37.7 Å². The number of rotatable bonds is 7. The van der Waals surface area contributed by atoms with Crippen molar-refractivity contribution in [2.24, 2.45) is 5.92 Å². The molecule has 1 aromatic rings. The molecule has 1 unspecified atom stereocenters. The molecular weight excluding hydrogens is 342 g/mol. The highest BCUT2D eigenvalue weighted by atomic mass is 35.5. The summed E-state index contributed by atoms with van der Waals surface area (Å²) in [6.07, 6.45) is 3.45. The summed E-state index contributed by atoms with van der Waals surface area (Å²) in [6, 6.07) is 7.55. The average Bonchev–Trinajstić information content (AvgIpc) is 3.12. The number of carbonyl (C=O) groups is 2. The van der Waals surface area contributed by atoms with Gasteiger partial charge in [0.15, 0.2) is 6.61 Å². The third kappa shape index (κ3) is 5.34. The van der Waals surface area contributed by atoms with Crippen LogP contribution in [0.25, 0.3) is 0 Å². The second-order valence-corrected chi connectivity index (χ2v) is 6.40. The molecule has 3 rings (SSSR count). The van der Waals surface area contributed by atoms with Crippen LogP contribution in [0.3, 0.4) is 0 Å². The topological polar surface area (TPSA) is 70.7 Å². The van der Waals surface area contributed by atoms with Crippen LogP contribution in [0.4, 0.5) is 5.69 Å². The Morgan fingerprint density at radius 1 is 1.36 bits per heavy atom. The number of carbonyl (C=O) groups excluding carboxylic acids is 2. The summed E-state index contributed by atoms with van der Waals surface area (Å²) in [6.45, 7) is 3.37. The zero-order chi connectivity index (χ0) is 16.8. The lowest BCUT2D eigenvalue weighted by Gasteiger charge is -2.29. The molecule has 0 aromatic heterocycles. The summed E-state index contributed by atoms with van der Waals surface area (Å²) in [5.74, 6) is 1.45. The average molecular weight is 368 g/mol. The van der Waals surface area contributed by atoms with Gasteiger partial charge in [-0.1, -0.05) is 12.1 Å². The van der Waals surface area contributed by atoms with E-state index in [2.05, 4.69) is 10.6 Å². The zero-order valence-electron chi connectivity index (χ0n) is 14.3. The van der Waals surface area contributed by atoms with Gasteiger partial charge in [0.1, 0.15) is 5.75 Å². The van der Waals surface area contributed by atoms with Crippen LogP contribution in [0.15, 0.2) is 24.3 Å². The molecule has 0 spiro atoms. The fraction of sp³-hybridized carbons (Fsp3) is 0.556. The second kappa shape index (κ2) is 9.63. The maximum absolute atomic E-state index is 12.0. The van der Waals surface area contributed by atoms with E-state index in [0.717, 1.165) is 37.4 Å². The van der Waals surface area contributed by atoms with Crippen molar-refractivity contribution in [3.05, 3.63) is 24.3 Å². The van der Waals surface area contributed by atoms with Gasteiger partial charge in [0.25, 0.3) is 5.91 Å². The number of halogens is 1. The summed E-state index contributed by atoms with van der Waals surface area (Å²) in [5, 5.41) is 6.27. The smallest absolute Gasteiger partial charge is 0.265 e. The Labute approximate surface area is 154 Å². The molecule has 1 saturated heterocycles. The lowest BCUT2D eigenvalue weighted by Crippen LogP contribution is -2.40. The standard InChI is InChI=1S/C18H25N3O3.ClH/c22-17(7-6-14-8-10-19-12-14)20-9-3-11-21-15-4-1-2-5-16(15)24-13-18(21)23;/h1-2,4-5,14,19H,3,6-13H2,(H,20,22);1H. The Hall–Kier alpha value is -1.79. The number of ether oxygens (including phenoxy) is 1. The predicted octanol–water partition coefficient (Wildman–Crippen LogP) is 1.73. The van der Waals surface area contributed by atoms with E-state index in [1.807, 2.05) is 24.3 Å². The molecule has 6 nitrogen and oxygen atoms in total. The van der Waals surface area contributed by atoms with E-state index in [0.29, 0.717) is 25.4 Å². The Balaban J connectivity index is 0.00000225. The molecule has 25 heavy (non-hydrogen) atoms. The van der Waals surface area contributed by atoms with Crippen LogP contribution in [0.1, 0.15) is 25.7 Å². The van der Waals surface area contributed by atoms with Crippen molar-refractivity contribution in [3.8, 4) is 5.75 Å². The van der Waals surface area contributed by atoms with Crippen molar-refractivity contribution in [1.82, 2.24) is 10.6 Å². The first kappa shape index (κ1) is 19.5. The van der Waals surface area contributed by atoms with Gasteiger partial charge < -0.3 is 20.3 Å². The molecule has 0 saturated carbocycles. The molecule has 1 atom stereocenters. The normalized spacial score (nSPS) is 19.0. The van der Waals surface area contributed by atoms with Gasteiger partial charge in [-0.2, -0.15) is 0 Å². The van der Waals surface area contributed by atoms with Gasteiger partial charge in [-0.15, -0.1) is 12.4 Å². The maximum Gasteiger partial charge on any atom is 0.265 e. The second-order valence-electron chi connectivity index (χ2n) is 6.40. The van der Waals surface area contributed by atoms with Crippen LogP contribution in [-0.2, 0) is 9.59 Å². The fourth-order valence-corrected chi connectivity index (χ4v) is 3.25. The first-order valence-electron chi connectivity index (χ1n) is 8.73. The largest absolute Gasteiger partial charge is 0.482 e. The van der Waals surface area contributed by atoms with Gasteiger partial charge in [-0.05, 0) is 50.4 Å². The molecule has 2 N–H and O–H groups in total. The molecule has 2 heterocycles. The number of hydrogen-bond acceptors (Lipinski definition) is 4. The van der Waals surface area contributed by atoms with Gasteiger partial charge in [-0.3, -0.25) is 9.59 Å². The van der Waals surface area contributed by atoms with Crippen LogP contribution < -0.4 is 20.3 Å². The van der Waals surface area contributed by atoms with Crippen molar-refractivity contribution in [2.45, 2.75) is 25.7 Å². The number of nitrogens with zero attached hydrogens (tertiary/aromatic N) is 1. The van der Waals surface area contributed by atoms with Crippen LogP contribution >= 0.6 is 12.4 Å². The van der Waals surface area contributed by atoms with E-state index >= 15 is 0 Å². The van der Waals surface area contributed by atoms with Crippen molar-refractivity contribution in [1.29, 1.82) is 0 Å². The van der Waals surface area contributed by atoms with Crippen LogP contribution in [0.2, 0.25) is 0 Å². The van der Waals surface area contributed by atoms with Crippen LogP contribution in [0, 0.1) is 5.92 Å². The van der Waals surface area contributed by atoms with Crippen molar-refractivity contribution >= 4 is 29.9 Å². The molecule has 1 fully saturated rings. The first-order valence-corrected chi connectivity index (χ1v) is 8.73. The molecule has 7 heteroatoms. The third-order valence-electron chi connectivity index (χ3n) is 4.63. The fourth-order valence-electron chi connectivity index (χ4n) is 3.25. The molecule has 0 radical (unpaired) electrons. The van der Waals surface area contributed by atoms with E-state index in [9.17, 15) is 9.59 Å². The van der Waals surface area contributed by atoms with Gasteiger partial charge in [0.2, 0.25) is 5.91 Å². The molecule has 2 aliphatic rings. The van der Waals surface area contributed by atoms with Crippen molar-refractivity contribution in [3.63, 3.8) is 0 Å². The van der Waals surface area contributed by atoms with E-state index in [4.69, 9.17) is 4.74 Å². The Morgan fingerprint density at radius 3 is 3.00 bits per heavy atom. The molecule has 2 amide bonds. The van der Waals surface area contributed by atoms with E-state index in [1.54, 1.807) is 4.90 Å². The minimum absolute atomic E-state index is 0. The minimum Gasteiger partial charge on any atom is -0.482 e. The third-order valence-corrected chi connectivity index (χ3v) is 4.63. The molecule has 0 aliphatic carbocycles. The monoisotopic (exact) mass is 367 g/mol. The van der Waals surface area contributed by atoms with E-state index in [1.165, 1.54) is 6.42 Å². The first-order chi connectivity index (χ1) is 11.7. The van der Waals surface area contributed by atoms with Gasteiger partial charge in [-0.25, -0.2) is 0 Å². The minimum atomic E-state index is -0.0336. The highest BCUT2D eigenvalue weighted by Gasteiger charge is 2.24. The highest BCUT2D eigenvalue weighted by molar-refractivity contribution is 5.97. The Kier molecular flexibility index (Phi) is 7.52. The highest BCUT2D eigenvalue weighted by Crippen LogP contribution is 2.31. The Morgan fingerprint density at radius 2 is 2.20 bits per heavy atom. The lowest BCUT2D eigenvalue weighted by molar-refractivity contribution is -0.121. The molecular formula is C18H26ClN3O3. The number of anilines is 1. The molecule has 0 bridgehead atoms. The van der Waals surface area contributed by atoms with Gasteiger partial charge in [0.05, 0.1) is 5.69 Å². The molecule has 2 aliphatic heterocycles. The number of hydrogen-bond donors (Lipinski definition) is 2. The summed E-state index contributed by atoms with van der Waals surface area (Å²) in [7, 11) is 0.